The van der Waals surface area contributed by atoms with Crippen LogP contribution in [0.1, 0.15) is 53.4 Å². The molecule has 0 aromatic heterocycles. The van der Waals surface area contributed by atoms with Crippen molar-refractivity contribution in [1.29, 1.82) is 0 Å². The van der Waals surface area contributed by atoms with Crippen molar-refractivity contribution in [3.63, 3.8) is 0 Å². The molecular weight excluding hydrogens is 568 g/mol. The third-order valence-electron chi connectivity index (χ3n) is 5.45. The van der Waals surface area contributed by atoms with Crippen LogP contribution in [0.2, 0.25) is 0 Å². The van der Waals surface area contributed by atoms with E-state index >= 15 is 0 Å². The van der Waals surface area contributed by atoms with Crippen LogP contribution in [0.4, 0.5) is 0 Å². The molecule has 16 nitrogen and oxygen atoms in total. The highest BCUT2D eigenvalue weighted by Crippen LogP contribution is 2.16. The summed E-state index contributed by atoms with van der Waals surface area (Å²) >= 11 is 3.88. The largest absolute Gasteiger partial charge is 0.480 e. The van der Waals surface area contributed by atoms with Gasteiger partial charge < -0.3 is 41.1 Å². The zero-order valence-electron chi connectivity index (χ0n) is 23.5. The Balaban J connectivity index is 4.68. The third-order valence-corrected chi connectivity index (χ3v) is 5.81. The lowest BCUT2D eigenvalue weighted by molar-refractivity contribution is -0.149. The molecule has 0 spiro atoms. The molecule has 0 aliphatic carbocycles. The lowest BCUT2D eigenvalue weighted by atomic mass is 9.97. The smallest absolute Gasteiger partial charge is 0.327 e. The van der Waals surface area contributed by atoms with Crippen LogP contribution < -0.4 is 16.0 Å². The number of aliphatic carboxylic acids is 4. The highest BCUT2D eigenvalue weighted by molar-refractivity contribution is 7.80. The molecule has 0 saturated carbocycles. The summed E-state index contributed by atoms with van der Waals surface area (Å²) in [7, 11) is 0. The Morgan fingerprint density at radius 2 is 1.39 bits per heavy atom. The molecule has 0 radical (unpaired) electrons. The third kappa shape index (κ3) is 17.1. The van der Waals surface area contributed by atoms with Crippen LogP contribution in [-0.2, 0) is 38.3 Å². The minimum Gasteiger partial charge on any atom is -0.480 e. The standard InChI is InChI=1S/C24H40N4O12S/c1-23(2,9-17(30)26-14(13-41)21(36)37)27-18(31)10-24(3,4)40-8-7-25-16(29)6-5-15(22(38)39)28(11-19(32)33)12-20(34)35/h14-15,41H,5-13H2,1-4H3,(H,25,29)(H,26,30)(H,27,31)(H,32,33)(H,34,35)(H,36,37)(H,38,39). The first-order chi connectivity index (χ1) is 18.8. The second kappa shape index (κ2) is 17.4. The van der Waals surface area contributed by atoms with Gasteiger partial charge in [0.1, 0.15) is 12.1 Å². The van der Waals surface area contributed by atoms with Gasteiger partial charge in [-0.2, -0.15) is 12.6 Å². The molecule has 0 heterocycles. The van der Waals surface area contributed by atoms with Crippen molar-refractivity contribution in [1.82, 2.24) is 20.9 Å². The van der Waals surface area contributed by atoms with Crippen molar-refractivity contribution in [2.75, 3.05) is 32.0 Å². The molecule has 2 unspecified atom stereocenters. The van der Waals surface area contributed by atoms with Crippen LogP contribution in [0, 0.1) is 0 Å². The average Bonchev–Trinajstić information content (AvgIpc) is 2.77. The number of nitrogens with one attached hydrogen (secondary N) is 3. The van der Waals surface area contributed by atoms with Gasteiger partial charge in [0.25, 0.3) is 0 Å². The number of amides is 3. The summed E-state index contributed by atoms with van der Waals surface area (Å²) in [5.41, 5.74) is -1.97. The number of carboxylic acids is 4. The lowest BCUT2D eigenvalue weighted by Gasteiger charge is -2.30. The first-order valence-corrected chi connectivity index (χ1v) is 13.2. The summed E-state index contributed by atoms with van der Waals surface area (Å²) in [4.78, 5) is 82.2. The van der Waals surface area contributed by atoms with Crippen molar-refractivity contribution in [3.05, 3.63) is 0 Å². The predicted octanol–water partition coefficient (Wildman–Crippen LogP) is -1.22. The van der Waals surface area contributed by atoms with E-state index in [4.69, 9.17) is 20.1 Å². The first kappa shape index (κ1) is 37.6. The molecule has 0 saturated heterocycles. The summed E-state index contributed by atoms with van der Waals surface area (Å²) in [5, 5.41) is 43.8. The van der Waals surface area contributed by atoms with Gasteiger partial charge in [-0.15, -0.1) is 0 Å². The molecule has 0 aromatic rings. The van der Waals surface area contributed by atoms with Crippen molar-refractivity contribution >= 4 is 54.2 Å². The maximum absolute atomic E-state index is 12.6. The van der Waals surface area contributed by atoms with E-state index in [2.05, 4.69) is 28.6 Å². The van der Waals surface area contributed by atoms with Crippen LogP contribution in [0.5, 0.6) is 0 Å². The molecule has 0 rings (SSSR count). The van der Waals surface area contributed by atoms with Crippen molar-refractivity contribution in [3.8, 4) is 0 Å². The fraction of sp³-hybridized carbons (Fsp3) is 0.708. The van der Waals surface area contributed by atoms with Crippen LogP contribution in [-0.4, -0.2) is 122 Å². The molecule has 0 aromatic carbocycles. The minimum atomic E-state index is -1.50. The van der Waals surface area contributed by atoms with E-state index in [0.29, 0.717) is 0 Å². The summed E-state index contributed by atoms with van der Waals surface area (Å²) in [6, 6.07) is -2.66. The summed E-state index contributed by atoms with van der Waals surface area (Å²) < 4.78 is 5.67. The van der Waals surface area contributed by atoms with Gasteiger partial charge in [0.2, 0.25) is 17.7 Å². The van der Waals surface area contributed by atoms with E-state index in [0.717, 1.165) is 4.90 Å². The van der Waals surface area contributed by atoms with Crippen LogP contribution in [0.3, 0.4) is 0 Å². The Morgan fingerprint density at radius 3 is 1.85 bits per heavy atom. The van der Waals surface area contributed by atoms with Crippen LogP contribution in [0.15, 0.2) is 0 Å². The first-order valence-electron chi connectivity index (χ1n) is 12.5. The number of carbonyl (C=O) groups is 7. The summed E-state index contributed by atoms with van der Waals surface area (Å²) in [6.07, 6.45) is -0.934. The van der Waals surface area contributed by atoms with E-state index in [1.54, 1.807) is 27.7 Å². The normalized spacial score (nSPS) is 13.1. The van der Waals surface area contributed by atoms with Crippen molar-refractivity contribution in [2.45, 2.75) is 76.6 Å². The van der Waals surface area contributed by atoms with Crippen molar-refractivity contribution < 1.29 is 58.7 Å². The quantitative estimate of drug-likeness (QED) is 0.0563. The van der Waals surface area contributed by atoms with E-state index in [1.165, 1.54) is 0 Å². The SMILES string of the molecule is CC(C)(CC(=O)NC(CS)C(=O)O)NC(=O)CC(C)(C)OCCNC(=O)CCC(C(=O)O)N(CC(=O)O)CC(=O)O. The monoisotopic (exact) mass is 608 g/mol. The van der Waals surface area contributed by atoms with Crippen LogP contribution in [0.25, 0.3) is 0 Å². The molecule has 234 valence electrons. The minimum absolute atomic E-state index is 0.00929. The summed E-state index contributed by atoms with van der Waals surface area (Å²) in [6.45, 7) is 4.82. The highest BCUT2D eigenvalue weighted by Gasteiger charge is 2.31. The molecule has 0 bridgehead atoms. The zero-order valence-corrected chi connectivity index (χ0v) is 24.4. The van der Waals surface area contributed by atoms with Crippen LogP contribution >= 0.6 is 12.6 Å². The second-order valence-electron chi connectivity index (χ2n) is 10.5. The zero-order chi connectivity index (χ0) is 32.0. The Hall–Kier alpha value is -3.44. The number of thiol groups is 1. The molecule has 0 aliphatic rings. The Labute approximate surface area is 242 Å². The van der Waals surface area contributed by atoms with E-state index < -0.39 is 77.9 Å². The van der Waals surface area contributed by atoms with Gasteiger partial charge in [0, 0.05) is 30.7 Å². The molecule has 41 heavy (non-hydrogen) atoms. The molecule has 2 atom stereocenters. The number of rotatable bonds is 21. The van der Waals surface area contributed by atoms with Gasteiger partial charge in [-0.1, -0.05) is 0 Å². The van der Waals surface area contributed by atoms with Gasteiger partial charge in [-0.3, -0.25) is 33.7 Å². The Kier molecular flexibility index (Phi) is 15.9. The lowest BCUT2D eigenvalue weighted by Crippen LogP contribution is -2.51. The van der Waals surface area contributed by atoms with E-state index in [-0.39, 0.29) is 44.6 Å². The number of carbonyl (C=O) groups excluding carboxylic acids is 3. The molecule has 3 amide bonds. The Morgan fingerprint density at radius 1 is 0.829 bits per heavy atom. The fourth-order valence-electron chi connectivity index (χ4n) is 3.70. The predicted molar refractivity (Wildman–Crippen MR) is 145 cm³/mol. The number of hydrogen-bond donors (Lipinski definition) is 8. The van der Waals surface area contributed by atoms with Gasteiger partial charge in [0.05, 0.1) is 31.7 Å². The second-order valence-corrected chi connectivity index (χ2v) is 10.8. The highest BCUT2D eigenvalue weighted by atomic mass is 32.1. The molecule has 17 heteroatoms. The maximum Gasteiger partial charge on any atom is 0.327 e. The number of carboxylic acid groups (broad SMARTS) is 4. The van der Waals surface area contributed by atoms with Gasteiger partial charge in [0.15, 0.2) is 0 Å². The van der Waals surface area contributed by atoms with E-state index in [1.807, 2.05) is 0 Å². The van der Waals surface area contributed by atoms with Gasteiger partial charge >= 0.3 is 23.9 Å². The topological polar surface area (TPSA) is 249 Å². The summed E-state index contributed by atoms with van der Waals surface area (Å²) in [5.74, 6) is -7.19. The fourth-order valence-corrected chi connectivity index (χ4v) is 3.94. The molecule has 0 fully saturated rings. The number of hydrogen-bond acceptors (Lipinski definition) is 10. The molecular formula is C24H40N4O12S. The van der Waals surface area contributed by atoms with E-state index in [9.17, 15) is 38.7 Å². The number of ether oxygens (including phenoxy) is 1. The van der Waals surface area contributed by atoms with Gasteiger partial charge in [-0.05, 0) is 34.1 Å². The van der Waals surface area contributed by atoms with Crippen molar-refractivity contribution in [2.24, 2.45) is 0 Å². The average molecular weight is 609 g/mol. The van der Waals surface area contributed by atoms with Gasteiger partial charge in [-0.25, -0.2) is 4.79 Å². The maximum atomic E-state index is 12.6. The molecule has 0 aliphatic heterocycles. The Bertz CT molecular complexity index is 956. The molecule has 7 N–H and O–H groups in total. The number of nitrogens with zero attached hydrogens (tertiary/aromatic N) is 1.